The quantitative estimate of drug-likeness (QED) is 0.755. The van der Waals surface area contributed by atoms with Crippen LogP contribution in [0.3, 0.4) is 0 Å². The molecule has 86 valence electrons. The predicted molar refractivity (Wildman–Crippen MR) is 64.0 cm³/mol. The van der Waals surface area contributed by atoms with Crippen LogP contribution in [0.1, 0.15) is 17.4 Å². The lowest BCUT2D eigenvalue weighted by Gasteiger charge is -2.06. The molecule has 0 aliphatic heterocycles. The van der Waals surface area contributed by atoms with Crippen LogP contribution in [-0.4, -0.2) is 20.6 Å². The summed E-state index contributed by atoms with van der Waals surface area (Å²) in [6, 6.07) is 6.83. The Labute approximate surface area is 96.6 Å². The summed E-state index contributed by atoms with van der Waals surface area (Å²) in [7, 11) is 0. The fourth-order valence-corrected chi connectivity index (χ4v) is 1.64. The summed E-state index contributed by atoms with van der Waals surface area (Å²) in [5, 5.41) is 8.69. The topological polar surface area (TPSA) is 72.2 Å². The Kier molecular flexibility index (Phi) is 2.74. The summed E-state index contributed by atoms with van der Waals surface area (Å²) in [5.41, 5.74) is 0.471. The van der Waals surface area contributed by atoms with Gasteiger partial charge in [0.25, 0.3) is 5.56 Å². The molecule has 0 aliphatic carbocycles. The average Bonchev–Trinajstić information content (AvgIpc) is 2.30. The second-order valence-electron chi connectivity index (χ2n) is 3.46. The second-order valence-corrected chi connectivity index (χ2v) is 3.46. The van der Waals surface area contributed by atoms with Crippen LogP contribution >= 0.6 is 0 Å². The first kappa shape index (κ1) is 11.1. The SMILES string of the molecule is CC(=O)n1c(=O)c(/C=C/O)nc2ccccc21. The van der Waals surface area contributed by atoms with Gasteiger partial charge in [0.2, 0.25) is 5.91 Å². The van der Waals surface area contributed by atoms with Crippen molar-refractivity contribution in [2.75, 3.05) is 0 Å². The zero-order chi connectivity index (χ0) is 12.4. The summed E-state index contributed by atoms with van der Waals surface area (Å²) >= 11 is 0. The number of aromatic nitrogens is 2. The van der Waals surface area contributed by atoms with Crippen LogP contribution in [-0.2, 0) is 0 Å². The number of aliphatic hydroxyl groups is 1. The minimum atomic E-state index is -0.540. The van der Waals surface area contributed by atoms with E-state index in [4.69, 9.17) is 5.11 Å². The average molecular weight is 230 g/mol. The van der Waals surface area contributed by atoms with Gasteiger partial charge in [-0.25, -0.2) is 9.55 Å². The first-order valence-electron chi connectivity index (χ1n) is 4.98. The van der Waals surface area contributed by atoms with E-state index in [0.717, 1.165) is 16.9 Å². The molecule has 17 heavy (non-hydrogen) atoms. The molecule has 0 saturated carbocycles. The molecule has 0 saturated heterocycles. The number of fused-ring (bicyclic) bond motifs is 1. The third-order valence-corrected chi connectivity index (χ3v) is 2.33. The van der Waals surface area contributed by atoms with Crippen LogP contribution in [0, 0.1) is 0 Å². The van der Waals surface area contributed by atoms with Crippen LogP contribution in [0.2, 0.25) is 0 Å². The highest BCUT2D eigenvalue weighted by Crippen LogP contribution is 2.10. The first-order chi connectivity index (χ1) is 8.15. The van der Waals surface area contributed by atoms with Crippen LogP contribution in [0.15, 0.2) is 35.3 Å². The number of carbonyl (C=O) groups is 1. The van der Waals surface area contributed by atoms with Crippen LogP contribution < -0.4 is 5.56 Å². The van der Waals surface area contributed by atoms with Crippen LogP contribution in [0.4, 0.5) is 0 Å². The molecule has 1 aromatic heterocycles. The number of hydrogen-bond acceptors (Lipinski definition) is 4. The molecular formula is C12H10N2O3. The maximum atomic E-state index is 11.9. The Balaban J connectivity index is 2.95. The van der Waals surface area contributed by atoms with E-state index in [1.54, 1.807) is 24.3 Å². The van der Waals surface area contributed by atoms with Gasteiger partial charge in [0.1, 0.15) is 5.69 Å². The van der Waals surface area contributed by atoms with Crippen molar-refractivity contribution in [3.63, 3.8) is 0 Å². The molecule has 5 heteroatoms. The Morgan fingerprint density at radius 2 is 2.12 bits per heavy atom. The van der Waals surface area contributed by atoms with E-state index < -0.39 is 5.56 Å². The lowest BCUT2D eigenvalue weighted by Crippen LogP contribution is -2.28. The monoisotopic (exact) mass is 230 g/mol. The molecule has 1 aromatic carbocycles. The van der Waals surface area contributed by atoms with Gasteiger partial charge in [0.05, 0.1) is 17.3 Å². The maximum Gasteiger partial charge on any atom is 0.283 e. The molecule has 0 aliphatic rings. The number of carbonyl (C=O) groups excluding carboxylic acids is 1. The summed E-state index contributed by atoms with van der Waals surface area (Å²) in [6.45, 7) is 1.31. The van der Waals surface area contributed by atoms with E-state index in [0.29, 0.717) is 11.0 Å². The maximum absolute atomic E-state index is 11.9. The largest absolute Gasteiger partial charge is 0.516 e. The number of para-hydroxylation sites is 2. The summed E-state index contributed by atoms with van der Waals surface area (Å²) < 4.78 is 1.04. The Bertz CT molecular complexity index is 671. The fraction of sp³-hybridized carbons (Fsp3) is 0.0833. The molecule has 0 unspecified atom stereocenters. The van der Waals surface area contributed by atoms with Gasteiger partial charge < -0.3 is 5.11 Å². The van der Waals surface area contributed by atoms with Gasteiger partial charge >= 0.3 is 0 Å². The molecule has 0 amide bonds. The Morgan fingerprint density at radius 1 is 1.41 bits per heavy atom. The van der Waals surface area contributed by atoms with Crippen molar-refractivity contribution in [2.24, 2.45) is 0 Å². The molecule has 0 radical (unpaired) electrons. The fourth-order valence-electron chi connectivity index (χ4n) is 1.64. The van der Waals surface area contributed by atoms with E-state index in [1.807, 2.05) is 0 Å². The van der Waals surface area contributed by atoms with Crippen LogP contribution in [0.25, 0.3) is 17.1 Å². The van der Waals surface area contributed by atoms with Crippen molar-refractivity contribution in [1.82, 2.24) is 9.55 Å². The standard InChI is InChI=1S/C12H10N2O3/c1-8(16)14-11-5-3-2-4-9(11)13-10(6-7-15)12(14)17/h2-7,15H,1H3/b7-6+. The summed E-state index contributed by atoms with van der Waals surface area (Å²) in [6.07, 6.45) is 1.89. The highest BCUT2D eigenvalue weighted by Gasteiger charge is 2.11. The van der Waals surface area contributed by atoms with Gasteiger partial charge in [-0.3, -0.25) is 9.59 Å². The van der Waals surface area contributed by atoms with E-state index >= 15 is 0 Å². The molecule has 1 N–H and O–H groups in total. The van der Waals surface area contributed by atoms with Gasteiger partial charge in [-0.15, -0.1) is 0 Å². The van der Waals surface area contributed by atoms with Crippen molar-refractivity contribution in [1.29, 1.82) is 0 Å². The highest BCUT2D eigenvalue weighted by molar-refractivity contribution is 5.88. The number of nitrogens with zero attached hydrogens (tertiary/aromatic N) is 2. The molecule has 2 aromatic rings. The molecule has 5 nitrogen and oxygen atoms in total. The molecule has 0 spiro atoms. The van der Waals surface area contributed by atoms with Gasteiger partial charge in [-0.05, 0) is 12.1 Å². The van der Waals surface area contributed by atoms with E-state index in [9.17, 15) is 9.59 Å². The minimum Gasteiger partial charge on any atom is -0.516 e. The second kappa shape index (κ2) is 4.21. The molecule has 0 atom stereocenters. The smallest absolute Gasteiger partial charge is 0.283 e. The van der Waals surface area contributed by atoms with Crippen molar-refractivity contribution in [3.05, 3.63) is 46.6 Å². The van der Waals surface area contributed by atoms with Crippen molar-refractivity contribution >= 4 is 23.0 Å². The summed E-state index contributed by atoms with van der Waals surface area (Å²) in [5.74, 6) is -0.388. The van der Waals surface area contributed by atoms with Gasteiger partial charge in [0, 0.05) is 13.0 Å². The van der Waals surface area contributed by atoms with E-state index in [-0.39, 0.29) is 11.6 Å². The van der Waals surface area contributed by atoms with Crippen molar-refractivity contribution in [2.45, 2.75) is 6.92 Å². The number of benzene rings is 1. The van der Waals surface area contributed by atoms with Crippen LogP contribution in [0.5, 0.6) is 0 Å². The van der Waals surface area contributed by atoms with E-state index in [1.165, 1.54) is 6.92 Å². The molecule has 2 rings (SSSR count). The molecule has 0 bridgehead atoms. The molecular weight excluding hydrogens is 220 g/mol. The van der Waals surface area contributed by atoms with Gasteiger partial charge in [0.15, 0.2) is 0 Å². The van der Waals surface area contributed by atoms with Gasteiger partial charge in [-0.1, -0.05) is 12.1 Å². The number of rotatable bonds is 1. The van der Waals surface area contributed by atoms with Gasteiger partial charge in [-0.2, -0.15) is 0 Å². The van der Waals surface area contributed by atoms with Crippen molar-refractivity contribution in [3.8, 4) is 0 Å². The number of hydrogen-bond donors (Lipinski definition) is 1. The van der Waals surface area contributed by atoms with E-state index in [2.05, 4.69) is 4.98 Å². The number of aliphatic hydroxyl groups excluding tert-OH is 1. The highest BCUT2D eigenvalue weighted by atomic mass is 16.2. The zero-order valence-corrected chi connectivity index (χ0v) is 9.12. The Morgan fingerprint density at radius 3 is 2.76 bits per heavy atom. The molecule has 0 fully saturated rings. The lowest BCUT2D eigenvalue weighted by molar-refractivity contribution is 0.0937. The minimum absolute atomic E-state index is 0.0291. The third-order valence-electron chi connectivity index (χ3n) is 2.33. The van der Waals surface area contributed by atoms with Crippen molar-refractivity contribution < 1.29 is 9.90 Å². The predicted octanol–water partition coefficient (Wildman–Crippen LogP) is 1.59. The summed E-state index contributed by atoms with van der Waals surface area (Å²) in [4.78, 5) is 27.5. The zero-order valence-electron chi connectivity index (χ0n) is 9.12. The lowest BCUT2D eigenvalue weighted by atomic mass is 10.2. The first-order valence-corrected chi connectivity index (χ1v) is 4.98. The third kappa shape index (κ3) is 1.82. The molecule has 1 heterocycles. The Hall–Kier alpha value is -2.43. The normalized spacial score (nSPS) is 11.1.